The Hall–Kier alpha value is -0.640. The Morgan fingerprint density at radius 1 is 1.39 bits per heavy atom. The van der Waals surface area contributed by atoms with Gasteiger partial charge in [0.05, 0.1) is 17.7 Å². The van der Waals surface area contributed by atoms with Crippen molar-refractivity contribution in [3.63, 3.8) is 0 Å². The molecular weight excluding hydrogens is 273 g/mol. The van der Waals surface area contributed by atoms with E-state index in [4.69, 9.17) is 22.1 Å². The molecule has 1 aromatic rings. The van der Waals surface area contributed by atoms with Crippen molar-refractivity contribution in [1.82, 2.24) is 0 Å². The highest BCUT2D eigenvalue weighted by atomic mass is 35.5. The standard InChI is InChI=1S/C13H18ClNO2.ClH/c1-17-10-7-6-9(14)13(16)11(10)12(15)8-4-2-3-5-8;/h6-8,12,16H,2-5,15H2,1H3;1H/t12-;/m0./s1. The van der Waals surface area contributed by atoms with E-state index in [2.05, 4.69) is 0 Å². The molecule has 0 saturated heterocycles. The monoisotopic (exact) mass is 291 g/mol. The lowest BCUT2D eigenvalue weighted by molar-refractivity contribution is 0.368. The van der Waals surface area contributed by atoms with Crippen LogP contribution in [-0.2, 0) is 0 Å². The third-order valence-corrected chi connectivity index (χ3v) is 3.89. The van der Waals surface area contributed by atoms with Gasteiger partial charge in [-0.25, -0.2) is 0 Å². The minimum atomic E-state index is -0.203. The molecule has 1 aromatic carbocycles. The van der Waals surface area contributed by atoms with E-state index in [-0.39, 0.29) is 24.2 Å². The highest BCUT2D eigenvalue weighted by molar-refractivity contribution is 6.32. The number of hydrogen-bond donors (Lipinski definition) is 2. The van der Waals surface area contributed by atoms with Crippen LogP contribution in [0.4, 0.5) is 0 Å². The second-order valence-electron chi connectivity index (χ2n) is 4.58. The molecule has 1 aliphatic rings. The lowest BCUT2D eigenvalue weighted by atomic mass is 9.91. The lowest BCUT2D eigenvalue weighted by Gasteiger charge is -2.22. The molecule has 5 heteroatoms. The summed E-state index contributed by atoms with van der Waals surface area (Å²) in [6.45, 7) is 0. The Bertz CT molecular complexity index is 406. The number of aromatic hydroxyl groups is 1. The zero-order valence-corrected chi connectivity index (χ0v) is 11.9. The molecule has 0 radical (unpaired) electrons. The van der Waals surface area contributed by atoms with E-state index in [0.29, 0.717) is 22.3 Å². The summed E-state index contributed by atoms with van der Waals surface area (Å²) in [5, 5.41) is 10.4. The van der Waals surface area contributed by atoms with Gasteiger partial charge in [0.25, 0.3) is 0 Å². The number of nitrogens with two attached hydrogens (primary N) is 1. The molecule has 1 aliphatic carbocycles. The normalized spacial score (nSPS) is 17.3. The average molecular weight is 292 g/mol. The minimum absolute atomic E-state index is 0. The molecule has 2 rings (SSSR count). The van der Waals surface area contributed by atoms with Crippen LogP contribution in [0.3, 0.4) is 0 Å². The van der Waals surface area contributed by atoms with Crippen LogP contribution in [0.1, 0.15) is 37.3 Å². The summed E-state index contributed by atoms with van der Waals surface area (Å²) in [6.07, 6.45) is 4.64. The highest BCUT2D eigenvalue weighted by Crippen LogP contribution is 2.43. The van der Waals surface area contributed by atoms with Gasteiger partial charge < -0.3 is 15.6 Å². The first-order valence-corrected chi connectivity index (χ1v) is 6.34. The Morgan fingerprint density at radius 3 is 2.56 bits per heavy atom. The zero-order chi connectivity index (χ0) is 12.4. The summed E-state index contributed by atoms with van der Waals surface area (Å²) in [4.78, 5) is 0. The predicted octanol–water partition coefficient (Wildman–Crippen LogP) is 3.67. The number of phenolic OH excluding ortho intramolecular Hbond substituents is 1. The molecule has 1 fully saturated rings. The maximum absolute atomic E-state index is 10.0. The molecule has 0 bridgehead atoms. The van der Waals surface area contributed by atoms with E-state index >= 15 is 0 Å². The zero-order valence-electron chi connectivity index (χ0n) is 10.4. The first-order valence-electron chi connectivity index (χ1n) is 5.96. The van der Waals surface area contributed by atoms with Gasteiger partial charge in [-0.3, -0.25) is 0 Å². The van der Waals surface area contributed by atoms with E-state index in [9.17, 15) is 5.11 Å². The molecule has 3 N–H and O–H groups in total. The van der Waals surface area contributed by atoms with Crippen molar-refractivity contribution in [2.45, 2.75) is 31.7 Å². The molecule has 3 nitrogen and oxygen atoms in total. The largest absolute Gasteiger partial charge is 0.506 e. The molecule has 0 aromatic heterocycles. The van der Waals surface area contributed by atoms with Crippen molar-refractivity contribution in [2.75, 3.05) is 7.11 Å². The van der Waals surface area contributed by atoms with Crippen LogP contribution in [0, 0.1) is 5.92 Å². The second kappa shape index (κ2) is 6.50. The van der Waals surface area contributed by atoms with Gasteiger partial charge >= 0.3 is 0 Å². The molecule has 0 amide bonds. The first kappa shape index (κ1) is 15.4. The molecule has 18 heavy (non-hydrogen) atoms. The molecule has 0 heterocycles. The van der Waals surface area contributed by atoms with E-state index in [1.165, 1.54) is 12.8 Å². The lowest BCUT2D eigenvalue weighted by Crippen LogP contribution is -2.20. The number of halogens is 2. The van der Waals surface area contributed by atoms with E-state index in [1.807, 2.05) is 0 Å². The van der Waals surface area contributed by atoms with Gasteiger partial charge in [-0.2, -0.15) is 0 Å². The number of rotatable bonds is 3. The van der Waals surface area contributed by atoms with Gasteiger partial charge in [0.1, 0.15) is 11.5 Å². The number of phenols is 1. The molecule has 0 aliphatic heterocycles. The molecule has 102 valence electrons. The summed E-state index contributed by atoms with van der Waals surface area (Å²) in [5.41, 5.74) is 6.89. The third-order valence-electron chi connectivity index (χ3n) is 3.59. The average Bonchev–Trinajstić information content (AvgIpc) is 2.85. The van der Waals surface area contributed by atoms with Crippen molar-refractivity contribution in [1.29, 1.82) is 0 Å². The van der Waals surface area contributed by atoms with Crippen LogP contribution in [0.15, 0.2) is 12.1 Å². The fourth-order valence-electron chi connectivity index (χ4n) is 2.62. The van der Waals surface area contributed by atoms with Crippen molar-refractivity contribution in [2.24, 2.45) is 11.7 Å². The van der Waals surface area contributed by atoms with Crippen LogP contribution in [0.5, 0.6) is 11.5 Å². The first-order chi connectivity index (χ1) is 8.15. The molecule has 0 unspecified atom stereocenters. The van der Waals surface area contributed by atoms with Crippen molar-refractivity contribution in [3.05, 3.63) is 22.7 Å². The summed E-state index contributed by atoms with van der Waals surface area (Å²) in [7, 11) is 1.58. The fraction of sp³-hybridized carbons (Fsp3) is 0.538. The van der Waals surface area contributed by atoms with Crippen LogP contribution in [-0.4, -0.2) is 12.2 Å². The Kier molecular flexibility index (Phi) is 5.57. The quantitative estimate of drug-likeness (QED) is 0.893. The van der Waals surface area contributed by atoms with Crippen molar-refractivity contribution >= 4 is 24.0 Å². The summed E-state index contributed by atoms with van der Waals surface area (Å²) in [5.74, 6) is 1.09. The number of methoxy groups -OCH3 is 1. The van der Waals surface area contributed by atoms with Gasteiger partial charge in [0, 0.05) is 6.04 Å². The minimum Gasteiger partial charge on any atom is -0.506 e. The summed E-state index contributed by atoms with van der Waals surface area (Å²) >= 11 is 5.93. The van der Waals surface area contributed by atoms with Gasteiger partial charge in [-0.05, 0) is 30.9 Å². The Balaban J connectivity index is 0.00000162. The number of benzene rings is 1. The van der Waals surface area contributed by atoms with Crippen LogP contribution >= 0.6 is 24.0 Å². The molecular formula is C13H19Cl2NO2. The number of hydrogen-bond acceptors (Lipinski definition) is 3. The van der Waals surface area contributed by atoms with Gasteiger partial charge in [-0.1, -0.05) is 24.4 Å². The fourth-order valence-corrected chi connectivity index (χ4v) is 2.78. The van der Waals surface area contributed by atoms with Crippen LogP contribution in [0.25, 0.3) is 0 Å². The van der Waals surface area contributed by atoms with Crippen LogP contribution in [0.2, 0.25) is 5.02 Å². The molecule has 1 atom stereocenters. The topological polar surface area (TPSA) is 55.5 Å². The van der Waals surface area contributed by atoms with Gasteiger partial charge in [0.15, 0.2) is 0 Å². The predicted molar refractivity (Wildman–Crippen MR) is 75.8 cm³/mol. The van der Waals surface area contributed by atoms with Crippen LogP contribution < -0.4 is 10.5 Å². The number of ether oxygens (including phenoxy) is 1. The van der Waals surface area contributed by atoms with E-state index < -0.39 is 0 Å². The summed E-state index contributed by atoms with van der Waals surface area (Å²) in [6, 6.07) is 3.18. The van der Waals surface area contributed by atoms with E-state index in [0.717, 1.165) is 12.8 Å². The van der Waals surface area contributed by atoms with Gasteiger partial charge in [-0.15, -0.1) is 12.4 Å². The maximum atomic E-state index is 10.0. The Morgan fingerprint density at radius 2 is 2.00 bits per heavy atom. The molecule has 0 spiro atoms. The smallest absolute Gasteiger partial charge is 0.142 e. The molecule has 1 saturated carbocycles. The van der Waals surface area contributed by atoms with E-state index in [1.54, 1.807) is 19.2 Å². The summed E-state index contributed by atoms with van der Waals surface area (Å²) < 4.78 is 5.26. The second-order valence-corrected chi connectivity index (χ2v) is 4.99. The maximum Gasteiger partial charge on any atom is 0.142 e. The Labute approximate surface area is 119 Å². The van der Waals surface area contributed by atoms with Gasteiger partial charge in [0.2, 0.25) is 0 Å². The SMILES string of the molecule is COc1ccc(Cl)c(O)c1[C@@H](N)C1CCCC1.Cl. The van der Waals surface area contributed by atoms with Crippen molar-refractivity contribution < 1.29 is 9.84 Å². The third kappa shape index (κ3) is 2.85. The van der Waals surface area contributed by atoms with Crippen molar-refractivity contribution in [3.8, 4) is 11.5 Å². The highest BCUT2D eigenvalue weighted by Gasteiger charge is 2.28.